The molecular weight excluding hydrogens is 291 g/mol. The van der Waals surface area contributed by atoms with Crippen molar-refractivity contribution in [3.05, 3.63) is 54.6 Å². The zero-order valence-electron chi connectivity index (χ0n) is 11.1. The summed E-state index contributed by atoms with van der Waals surface area (Å²) in [6.07, 6.45) is 4.16. The summed E-state index contributed by atoms with van der Waals surface area (Å²) in [5.74, 6) is -0.364. The number of rotatable bonds is 2. The van der Waals surface area contributed by atoms with Crippen LogP contribution in [0.15, 0.2) is 53.7 Å². The van der Waals surface area contributed by atoms with Gasteiger partial charge in [0.2, 0.25) is 0 Å². The van der Waals surface area contributed by atoms with Crippen LogP contribution in [0.25, 0.3) is 22.2 Å². The molecule has 0 bridgehead atoms. The first-order valence-electron chi connectivity index (χ1n) is 6.16. The van der Waals surface area contributed by atoms with Gasteiger partial charge >= 0.3 is 0 Å². The Kier molecular flexibility index (Phi) is 3.17. The van der Waals surface area contributed by atoms with Crippen molar-refractivity contribution >= 4 is 20.7 Å². The molecule has 0 fully saturated rings. The largest absolute Gasteiger partial charge is 0.255 e. The summed E-state index contributed by atoms with van der Waals surface area (Å²) in [4.78, 5) is 8.46. The summed E-state index contributed by atoms with van der Waals surface area (Å²) in [6.45, 7) is 0. The highest BCUT2D eigenvalue weighted by atomic mass is 32.2. The Labute approximate surface area is 121 Å². The van der Waals surface area contributed by atoms with Crippen LogP contribution in [0.5, 0.6) is 0 Å². The molecule has 0 amide bonds. The minimum atomic E-state index is -3.39. The lowest BCUT2D eigenvalue weighted by atomic mass is 10.1. The maximum Gasteiger partial charge on any atom is 0.177 e. The van der Waals surface area contributed by atoms with Crippen molar-refractivity contribution in [2.24, 2.45) is 0 Å². The van der Waals surface area contributed by atoms with Gasteiger partial charge in [-0.2, -0.15) is 0 Å². The number of hydrogen-bond acceptors (Lipinski definition) is 4. The van der Waals surface area contributed by atoms with E-state index in [0.29, 0.717) is 16.8 Å². The molecule has 4 nitrogen and oxygen atoms in total. The number of hydrogen-bond donors (Lipinski definition) is 0. The Morgan fingerprint density at radius 2 is 1.90 bits per heavy atom. The minimum Gasteiger partial charge on any atom is -0.255 e. The predicted molar refractivity (Wildman–Crippen MR) is 78.0 cm³/mol. The Bertz CT molecular complexity index is 939. The van der Waals surface area contributed by atoms with Gasteiger partial charge < -0.3 is 0 Å². The van der Waals surface area contributed by atoms with E-state index in [4.69, 9.17) is 0 Å². The molecule has 21 heavy (non-hydrogen) atoms. The van der Waals surface area contributed by atoms with Gasteiger partial charge in [0.15, 0.2) is 9.84 Å². The molecule has 0 spiro atoms. The first-order chi connectivity index (χ1) is 9.95. The fourth-order valence-electron chi connectivity index (χ4n) is 2.13. The van der Waals surface area contributed by atoms with E-state index >= 15 is 0 Å². The molecule has 106 valence electrons. The molecular formula is C15H11FN2O2S. The third kappa shape index (κ3) is 2.62. The highest BCUT2D eigenvalue weighted by Gasteiger charge is 2.16. The van der Waals surface area contributed by atoms with Crippen LogP contribution >= 0.6 is 0 Å². The number of nitrogens with zero attached hydrogens (tertiary/aromatic N) is 2. The van der Waals surface area contributed by atoms with Crippen molar-refractivity contribution in [3.63, 3.8) is 0 Å². The van der Waals surface area contributed by atoms with Crippen LogP contribution in [0.3, 0.4) is 0 Å². The molecule has 6 heteroatoms. The molecule has 2 aromatic heterocycles. The highest BCUT2D eigenvalue weighted by Crippen LogP contribution is 2.26. The van der Waals surface area contributed by atoms with Crippen molar-refractivity contribution in [1.82, 2.24) is 9.97 Å². The Morgan fingerprint density at radius 3 is 2.67 bits per heavy atom. The zero-order chi connectivity index (χ0) is 15.0. The Hall–Kier alpha value is -2.34. The monoisotopic (exact) mass is 302 g/mol. The number of benzene rings is 1. The summed E-state index contributed by atoms with van der Waals surface area (Å²) in [6, 6.07) is 9.10. The van der Waals surface area contributed by atoms with Crippen molar-refractivity contribution in [1.29, 1.82) is 0 Å². The van der Waals surface area contributed by atoms with Gasteiger partial charge in [-0.3, -0.25) is 9.97 Å². The van der Waals surface area contributed by atoms with Crippen molar-refractivity contribution in [2.45, 2.75) is 4.90 Å². The topological polar surface area (TPSA) is 59.9 Å². The quantitative estimate of drug-likeness (QED) is 0.730. The van der Waals surface area contributed by atoms with E-state index < -0.39 is 9.84 Å². The van der Waals surface area contributed by atoms with Crippen LogP contribution in [0.2, 0.25) is 0 Å². The molecule has 0 radical (unpaired) electrons. The first-order valence-corrected chi connectivity index (χ1v) is 8.05. The molecule has 2 heterocycles. The maximum atomic E-state index is 13.1. The summed E-state index contributed by atoms with van der Waals surface area (Å²) < 4.78 is 36.8. The van der Waals surface area contributed by atoms with E-state index in [1.165, 1.54) is 30.6 Å². The van der Waals surface area contributed by atoms with E-state index in [9.17, 15) is 12.8 Å². The lowest BCUT2D eigenvalue weighted by molar-refractivity contribution is 0.602. The lowest BCUT2D eigenvalue weighted by Crippen LogP contribution is -2.01. The van der Waals surface area contributed by atoms with Crippen LogP contribution in [0, 0.1) is 5.82 Å². The normalized spacial score (nSPS) is 11.7. The van der Waals surface area contributed by atoms with Crippen LogP contribution in [-0.4, -0.2) is 24.6 Å². The summed E-state index contributed by atoms with van der Waals surface area (Å²) in [5, 5.41) is 0.721. The third-order valence-electron chi connectivity index (χ3n) is 3.09. The van der Waals surface area contributed by atoms with E-state index in [0.717, 1.165) is 11.6 Å². The molecule has 0 atom stereocenters. The van der Waals surface area contributed by atoms with Crippen LogP contribution in [0.1, 0.15) is 0 Å². The average Bonchev–Trinajstić information content (AvgIpc) is 2.46. The lowest BCUT2D eigenvalue weighted by Gasteiger charge is -2.07. The molecule has 0 unspecified atom stereocenters. The van der Waals surface area contributed by atoms with Gasteiger partial charge in [-0.15, -0.1) is 0 Å². The molecule has 3 rings (SSSR count). The molecule has 1 aromatic carbocycles. The van der Waals surface area contributed by atoms with Gasteiger partial charge in [-0.1, -0.05) is 0 Å². The first kappa shape index (κ1) is 13.6. The number of fused-ring (bicyclic) bond motifs is 1. The van der Waals surface area contributed by atoms with Crippen molar-refractivity contribution in [2.75, 3.05) is 6.26 Å². The average molecular weight is 302 g/mol. The van der Waals surface area contributed by atoms with Crippen LogP contribution in [-0.2, 0) is 9.84 Å². The third-order valence-corrected chi connectivity index (χ3v) is 4.22. The van der Waals surface area contributed by atoms with E-state index in [1.54, 1.807) is 18.2 Å². The second-order valence-electron chi connectivity index (χ2n) is 4.68. The predicted octanol–water partition coefficient (Wildman–Crippen LogP) is 2.84. The van der Waals surface area contributed by atoms with Gasteiger partial charge in [0, 0.05) is 35.7 Å². The number of sulfone groups is 1. The maximum absolute atomic E-state index is 13.1. The van der Waals surface area contributed by atoms with E-state index in [-0.39, 0.29) is 10.7 Å². The van der Waals surface area contributed by atoms with Crippen molar-refractivity contribution in [3.8, 4) is 11.3 Å². The molecule has 0 aliphatic rings. The van der Waals surface area contributed by atoms with Gasteiger partial charge in [0.25, 0.3) is 0 Å². The Balaban J connectivity index is 2.24. The number of halogens is 1. The fraction of sp³-hybridized carbons (Fsp3) is 0.0667. The second kappa shape index (κ2) is 4.89. The van der Waals surface area contributed by atoms with Crippen LogP contribution < -0.4 is 0 Å². The standard InChI is InChI=1S/C15H11FN2O2S/c1-21(19,20)14-3-2-6-17-15(14)11-7-10-4-5-12(16)8-13(10)18-9-11/h2-9H,1H3. The summed E-state index contributed by atoms with van der Waals surface area (Å²) >= 11 is 0. The molecule has 0 N–H and O–H groups in total. The number of aromatic nitrogens is 2. The molecule has 0 aliphatic carbocycles. The summed E-state index contributed by atoms with van der Waals surface area (Å²) in [7, 11) is -3.39. The second-order valence-corrected chi connectivity index (χ2v) is 6.67. The van der Waals surface area contributed by atoms with Crippen LogP contribution in [0.4, 0.5) is 4.39 Å². The highest BCUT2D eigenvalue weighted by molar-refractivity contribution is 7.90. The smallest absolute Gasteiger partial charge is 0.177 e. The molecule has 0 saturated carbocycles. The molecule has 0 aliphatic heterocycles. The van der Waals surface area contributed by atoms with E-state index in [2.05, 4.69) is 9.97 Å². The number of pyridine rings is 2. The van der Waals surface area contributed by atoms with Gasteiger partial charge in [-0.05, 0) is 30.3 Å². The summed E-state index contributed by atoms with van der Waals surface area (Å²) in [5.41, 5.74) is 1.43. The fourth-order valence-corrected chi connectivity index (χ4v) is 2.98. The zero-order valence-corrected chi connectivity index (χ0v) is 11.9. The van der Waals surface area contributed by atoms with Gasteiger partial charge in [0.1, 0.15) is 5.82 Å². The van der Waals surface area contributed by atoms with E-state index in [1.807, 2.05) is 0 Å². The SMILES string of the molecule is CS(=O)(=O)c1cccnc1-c1cnc2cc(F)ccc2c1. The molecule has 3 aromatic rings. The Morgan fingerprint density at radius 1 is 1.10 bits per heavy atom. The minimum absolute atomic E-state index is 0.147. The molecule has 0 saturated heterocycles. The van der Waals surface area contributed by atoms with Crippen molar-refractivity contribution < 1.29 is 12.8 Å². The van der Waals surface area contributed by atoms with Gasteiger partial charge in [-0.25, -0.2) is 12.8 Å². The van der Waals surface area contributed by atoms with Gasteiger partial charge in [0.05, 0.1) is 16.1 Å².